The summed E-state index contributed by atoms with van der Waals surface area (Å²) in [6, 6.07) is 0. The Morgan fingerprint density at radius 2 is 1.86 bits per heavy atom. The van der Waals surface area contributed by atoms with Crippen molar-refractivity contribution in [3.05, 3.63) is 0 Å². The zero-order valence-corrected chi connectivity index (χ0v) is 13.5. The number of alkyl halides is 3. The van der Waals surface area contributed by atoms with Gasteiger partial charge >= 0.3 is 6.18 Å². The molecule has 2 aliphatic heterocycles. The Hall–Kier alpha value is -0.980. The van der Waals surface area contributed by atoms with E-state index in [0.29, 0.717) is 19.6 Å². The lowest BCUT2D eigenvalue weighted by Gasteiger charge is -2.33. The lowest BCUT2D eigenvalue weighted by atomic mass is 9.99. The molecule has 4 nitrogen and oxygen atoms in total. The summed E-state index contributed by atoms with van der Waals surface area (Å²) in [5.74, 6) is 1.92. The van der Waals surface area contributed by atoms with E-state index in [9.17, 15) is 13.2 Å². The second-order valence-electron chi connectivity index (χ2n) is 6.60. The largest absolute Gasteiger partial charge is 0.401 e. The maximum atomic E-state index is 12.4. The van der Waals surface area contributed by atoms with Crippen LogP contribution in [0.4, 0.5) is 13.2 Å². The molecule has 1 N–H and O–H groups in total. The molecule has 2 saturated heterocycles. The van der Waals surface area contributed by atoms with Gasteiger partial charge in [-0.1, -0.05) is 6.92 Å². The molecule has 2 aliphatic rings. The van der Waals surface area contributed by atoms with Gasteiger partial charge in [0.2, 0.25) is 0 Å². The lowest BCUT2D eigenvalue weighted by Crippen LogP contribution is -2.46. The van der Waals surface area contributed by atoms with Crippen LogP contribution in [0, 0.1) is 11.8 Å². The molecule has 2 fully saturated rings. The number of nitrogens with zero attached hydrogens (tertiary/aromatic N) is 3. The monoisotopic (exact) mass is 320 g/mol. The lowest BCUT2D eigenvalue weighted by molar-refractivity contribution is -0.143. The molecule has 0 saturated carbocycles. The summed E-state index contributed by atoms with van der Waals surface area (Å²) in [6.45, 7) is 5.24. The number of hydrogen-bond donors (Lipinski definition) is 1. The van der Waals surface area contributed by atoms with E-state index >= 15 is 0 Å². The smallest absolute Gasteiger partial charge is 0.356 e. The van der Waals surface area contributed by atoms with Gasteiger partial charge in [0.1, 0.15) is 0 Å². The fraction of sp³-hybridized carbons (Fsp3) is 0.933. The van der Waals surface area contributed by atoms with Crippen LogP contribution in [0.2, 0.25) is 0 Å². The molecule has 0 spiro atoms. The molecule has 0 bridgehead atoms. The summed E-state index contributed by atoms with van der Waals surface area (Å²) >= 11 is 0. The van der Waals surface area contributed by atoms with Crippen molar-refractivity contribution < 1.29 is 13.2 Å². The highest BCUT2D eigenvalue weighted by atomic mass is 19.4. The van der Waals surface area contributed by atoms with Gasteiger partial charge in [-0.3, -0.25) is 9.89 Å². The minimum absolute atomic E-state index is 0.266. The van der Waals surface area contributed by atoms with Crippen LogP contribution in [0.1, 0.15) is 26.2 Å². The molecule has 1 unspecified atom stereocenters. The van der Waals surface area contributed by atoms with Crippen LogP contribution >= 0.6 is 0 Å². The van der Waals surface area contributed by atoms with Crippen molar-refractivity contribution in [1.82, 2.24) is 15.1 Å². The molecule has 0 aromatic rings. The third-order valence-electron chi connectivity index (χ3n) is 4.62. The molecule has 7 heteroatoms. The molecular weight excluding hydrogens is 293 g/mol. The van der Waals surface area contributed by atoms with Crippen molar-refractivity contribution >= 4 is 5.96 Å². The number of hydrogen-bond acceptors (Lipinski definition) is 2. The number of likely N-dealkylation sites (tertiary alicyclic amines) is 2. The molecule has 22 heavy (non-hydrogen) atoms. The Kier molecular flexibility index (Phi) is 5.94. The minimum atomic E-state index is -4.09. The van der Waals surface area contributed by atoms with Crippen LogP contribution in [0.5, 0.6) is 0 Å². The van der Waals surface area contributed by atoms with E-state index in [2.05, 4.69) is 22.1 Å². The summed E-state index contributed by atoms with van der Waals surface area (Å²) in [6.07, 6.45) is -0.938. The molecule has 128 valence electrons. The Bertz CT molecular complexity index is 375. The average Bonchev–Trinajstić information content (AvgIpc) is 2.86. The number of piperidine rings is 1. The third kappa shape index (κ3) is 5.34. The van der Waals surface area contributed by atoms with E-state index in [-0.39, 0.29) is 5.92 Å². The number of nitrogens with one attached hydrogen (secondary N) is 1. The quantitative estimate of drug-likeness (QED) is 0.639. The van der Waals surface area contributed by atoms with E-state index < -0.39 is 12.7 Å². The highest BCUT2D eigenvalue weighted by Crippen LogP contribution is 2.22. The second kappa shape index (κ2) is 7.53. The van der Waals surface area contributed by atoms with Crippen LogP contribution in [0.3, 0.4) is 0 Å². The minimum Gasteiger partial charge on any atom is -0.356 e. The first-order valence-corrected chi connectivity index (χ1v) is 8.12. The summed E-state index contributed by atoms with van der Waals surface area (Å²) in [5, 5.41) is 3.35. The standard InChI is InChI=1S/C15H27F3N4/c1-12-3-7-22(8-4-12)14(19-2)20-9-13-5-6-21(10-13)11-15(16,17)18/h12-13H,3-11H2,1-2H3,(H,19,20). The predicted octanol–water partition coefficient (Wildman–Crippen LogP) is 2.18. The summed E-state index contributed by atoms with van der Waals surface area (Å²) in [5.41, 5.74) is 0. The number of guanidine groups is 1. The Balaban J connectivity index is 1.73. The molecule has 0 aromatic heterocycles. The predicted molar refractivity (Wildman–Crippen MR) is 81.9 cm³/mol. The van der Waals surface area contributed by atoms with Crippen molar-refractivity contribution in [2.45, 2.75) is 32.4 Å². The molecule has 0 radical (unpaired) electrons. The molecular formula is C15H27F3N4. The summed E-state index contributed by atoms with van der Waals surface area (Å²) in [7, 11) is 1.77. The number of aliphatic imine (C=N–C) groups is 1. The molecule has 0 aliphatic carbocycles. The number of halogens is 3. The second-order valence-corrected chi connectivity index (χ2v) is 6.60. The van der Waals surface area contributed by atoms with Gasteiger partial charge in [-0.05, 0) is 37.6 Å². The van der Waals surface area contributed by atoms with E-state index in [4.69, 9.17) is 0 Å². The highest BCUT2D eigenvalue weighted by molar-refractivity contribution is 5.79. The van der Waals surface area contributed by atoms with Crippen LogP contribution in [0.25, 0.3) is 0 Å². The SMILES string of the molecule is CN=C(NCC1CCN(CC(F)(F)F)C1)N1CCC(C)CC1. The average molecular weight is 320 g/mol. The van der Waals surface area contributed by atoms with Gasteiger partial charge in [0, 0.05) is 33.2 Å². The Morgan fingerprint density at radius 1 is 1.18 bits per heavy atom. The Morgan fingerprint density at radius 3 is 2.45 bits per heavy atom. The maximum Gasteiger partial charge on any atom is 0.401 e. The summed E-state index contributed by atoms with van der Waals surface area (Å²) in [4.78, 5) is 8.06. The van der Waals surface area contributed by atoms with Crippen LogP contribution in [0.15, 0.2) is 4.99 Å². The fourth-order valence-electron chi connectivity index (χ4n) is 3.26. The fourth-order valence-corrected chi connectivity index (χ4v) is 3.26. The molecule has 2 heterocycles. The van der Waals surface area contributed by atoms with Crippen molar-refractivity contribution in [3.8, 4) is 0 Å². The van der Waals surface area contributed by atoms with Crippen molar-refractivity contribution in [1.29, 1.82) is 0 Å². The van der Waals surface area contributed by atoms with Gasteiger partial charge in [-0.15, -0.1) is 0 Å². The normalized spacial score (nSPS) is 25.8. The highest BCUT2D eigenvalue weighted by Gasteiger charge is 2.34. The van der Waals surface area contributed by atoms with Gasteiger partial charge < -0.3 is 10.2 Å². The molecule has 0 amide bonds. The van der Waals surface area contributed by atoms with Crippen LogP contribution in [-0.2, 0) is 0 Å². The van der Waals surface area contributed by atoms with Gasteiger partial charge in [0.25, 0.3) is 0 Å². The van der Waals surface area contributed by atoms with Gasteiger partial charge in [0.05, 0.1) is 6.54 Å². The third-order valence-corrected chi connectivity index (χ3v) is 4.62. The first-order chi connectivity index (χ1) is 10.4. The van der Waals surface area contributed by atoms with Crippen LogP contribution in [-0.4, -0.2) is 68.3 Å². The topological polar surface area (TPSA) is 30.9 Å². The van der Waals surface area contributed by atoms with Gasteiger partial charge in [0.15, 0.2) is 5.96 Å². The van der Waals surface area contributed by atoms with Crippen molar-refractivity contribution in [3.63, 3.8) is 0 Å². The van der Waals surface area contributed by atoms with E-state index in [1.807, 2.05) is 0 Å². The maximum absolute atomic E-state index is 12.4. The van der Waals surface area contributed by atoms with E-state index in [0.717, 1.165) is 31.4 Å². The Labute approximate surface area is 130 Å². The van der Waals surface area contributed by atoms with Crippen LogP contribution < -0.4 is 5.32 Å². The number of rotatable bonds is 3. The van der Waals surface area contributed by atoms with Gasteiger partial charge in [-0.2, -0.15) is 13.2 Å². The zero-order chi connectivity index (χ0) is 16.2. The molecule has 2 rings (SSSR count). The van der Waals surface area contributed by atoms with E-state index in [1.165, 1.54) is 17.7 Å². The summed E-state index contributed by atoms with van der Waals surface area (Å²) < 4.78 is 37.2. The first-order valence-electron chi connectivity index (χ1n) is 8.12. The van der Waals surface area contributed by atoms with Crippen molar-refractivity contribution in [2.75, 3.05) is 46.3 Å². The molecule has 0 aromatic carbocycles. The van der Waals surface area contributed by atoms with Crippen molar-refractivity contribution in [2.24, 2.45) is 16.8 Å². The van der Waals surface area contributed by atoms with Gasteiger partial charge in [-0.25, -0.2) is 0 Å². The van der Waals surface area contributed by atoms with E-state index in [1.54, 1.807) is 7.05 Å². The first kappa shape index (κ1) is 17.4. The zero-order valence-electron chi connectivity index (χ0n) is 13.5. The molecule has 1 atom stereocenters.